The number of imidazole rings is 2. The number of nitrogen functional groups attached to an aromatic ring is 1. The summed E-state index contributed by atoms with van der Waals surface area (Å²) in [5.41, 5.74) is 7.43. The van der Waals surface area contributed by atoms with Gasteiger partial charge in [0, 0.05) is 31.5 Å². The molecule has 0 spiro atoms. The second-order valence-electron chi connectivity index (χ2n) is 4.12. The zero-order valence-electron chi connectivity index (χ0n) is 10.5. The van der Waals surface area contributed by atoms with E-state index in [-0.39, 0.29) is 0 Å². The molecule has 2 N–H and O–H groups in total. The van der Waals surface area contributed by atoms with Gasteiger partial charge in [0.05, 0.1) is 13.4 Å². The average Bonchev–Trinajstić information content (AvgIpc) is 3.03. The summed E-state index contributed by atoms with van der Waals surface area (Å²) < 4.78 is 8.98. The van der Waals surface area contributed by atoms with Crippen molar-refractivity contribution in [2.45, 2.75) is 13.1 Å². The van der Waals surface area contributed by atoms with E-state index in [1.807, 2.05) is 21.4 Å². The Kier molecular flexibility index (Phi) is 2.79. The largest absolute Gasteiger partial charge is 0.481 e. The molecule has 0 bridgehead atoms. The molecule has 0 saturated carbocycles. The summed E-state index contributed by atoms with van der Waals surface area (Å²) in [7, 11) is 1.59. The van der Waals surface area contributed by atoms with Crippen LogP contribution < -0.4 is 10.5 Å². The molecule has 3 heterocycles. The number of hydrogen-bond donors (Lipinski definition) is 1. The van der Waals surface area contributed by atoms with Gasteiger partial charge in [-0.3, -0.25) is 4.57 Å². The van der Waals surface area contributed by atoms with Gasteiger partial charge in [-0.05, 0) is 6.07 Å². The molecule has 0 aliphatic carbocycles. The van der Waals surface area contributed by atoms with E-state index in [1.54, 1.807) is 25.7 Å². The van der Waals surface area contributed by atoms with Gasteiger partial charge >= 0.3 is 0 Å². The summed E-state index contributed by atoms with van der Waals surface area (Å²) in [5.74, 6) is 1.01. The van der Waals surface area contributed by atoms with Gasteiger partial charge in [-0.2, -0.15) is 4.98 Å². The van der Waals surface area contributed by atoms with Crippen LogP contribution in [0.1, 0.15) is 0 Å². The standard InChI is InChI=1S/C12H14N6O/c1-19-10-3-2-9-11(16-10)18(12(13)15-9)7-6-17-5-4-14-8-17/h2-5,8H,6-7H2,1H3,(H2,13,15). The first kappa shape index (κ1) is 11.5. The Morgan fingerprint density at radius 3 is 2.89 bits per heavy atom. The molecule has 0 radical (unpaired) electrons. The number of pyridine rings is 1. The van der Waals surface area contributed by atoms with E-state index in [1.165, 1.54) is 0 Å². The lowest BCUT2D eigenvalue weighted by atomic mass is 10.4. The molecular weight excluding hydrogens is 244 g/mol. The fraction of sp³-hybridized carbons (Fsp3) is 0.250. The molecule has 0 unspecified atom stereocenters. The van der Waals surface area contributed by atoms with Crippen molar-refractivity contribution in [3.8, 4) is 5.88 Å². The highest BCUT2D eigenvalue weighted by molar-refractivity contribution is 5.74. The van der Waals surface area contributed by atoms with Crippen molar-refractivity contribution in [1.82, 2.24) is 24.1 Å². The maximum absolute atomic E-state index is 5.93. The fourth-order valence-corrected chi connectivity index (χ4v) is 1.97. The minimum Gasteiger partial charge on any atom is -0.481 e. The van der Waals surface area contributed by atoms with Gasteiger partial charge in [0.1, 0.15) is 5.52 Å². The van der Waals surface area contributed by atoms with Gasteiger partial charge in [-0.25, -0.2) is 9.97 Å². The van der Waals surface area contributed by atoms with Crippen LogP contribution in [-0.2, 0) is 13.1 Å². The molecule has 3 rings (SSSR count). The van der Waals surface area contributed by atoms with E-state index in [0.717, 1.165) is 17.7 Å². The van der Waals surface area contributed by atoms with E-state index in [4.69, 9.17) is 10.5 Å². The van der Waals surface area contributed by atoms with Crippen molar-refractivity contribution in [3.63, 3.8) is 0 Å². The number of aryl methyl sites for hydroxylation is 2. The van der Waals surface area contributed by atoms with Crippen LogP contribution in [0.4, 0.5) is 5.95 Å². The van der Waals surface area contributed by atoms with Gasteiger partial charge in [-0.1, -0.05) is 0 Å². The Bertz CT molecular complexity index is 688. The quantitative estimate of drug-likeness (QED) is 0.752. The van der Waals surface area contributed by atoms with Gasteiger partial charge < -0.3 is 15.0 Å². The third-order valence-corrected chi connectivity index (χ3v) is 2.95. The lowest BCUT2D eigenvalue weighted by molar-refractivity contribution is 0.399. The first-order chi connectivity index (χ1) is 9.28. The van der Waals surface area contributed by atoms with E-state index < -0.39 is 0 Å². The topological polar surface area (TPSA) is 83.8 Å². The molecule has 7 heteroatoms. The molecule has 19 heavy (non-hydrogen) atoms. The number of nitrogens with zero attached hydrogens (tertiary/aromatic N) is 5. The molecule has 0 fully saturated rings. The number of ether oxygens (including phenoxy) is 1. The Hall–Kier alpha value is -2.57. The summed E-state index contributed by atoms with van der Waals surface area (Å²) in [6.45, 7) is 1.44. The average molecular weight is 258 g/mol. The first-order valence-electron chi connectivity index (χ1n) is 5.90. The second kappa shape index (κ2) is 4.60. The molecule has 98 valence electrons. The number of methoxy groups -OCH3 is 1. The lowest BCUT2D eigenvalue weighted by Crippen LogP contribution is -2.09. The van der Waals surface area contributed by atoms with E-state index in [9.17, 15) is 0 Å². The highest BCUT2D eigenvalue weighted by Crippen LogP contribution is 2.19. The normalized spacial score (nSPS) is 11.0. The fourth-order valence-electron chi connectivity index (χ4n) is 1.97. The summed E-state index contributed by atoms with van der Waals surface area (Å²) >= 11 is 0. The molecule has 0 aliphatic heterocycles. The molecule has 0 aromatic carbocycles. The number of aromatic nitrogens is 5. The molecule has 0 saturated heterocycles. The Balaban J connectivity index is 1.94. The maximum Gasteiger partial charge on any atom is 0.215 e. The van der Waals surface area contributed by atoms with Crippen molar-refractivity contribution < 1.29 is 4.74 Å². The summed E-state index contributed by atoms with van der Waals surface area (Å²) in [6, 6.07) is 3.63. The molecule has 0 aliphatic rings. The van der Waals surface area contributed by atoms with Gasteiger partial charge in [0.25, 0.3) is 0 Å². The molecule has 0 amide bonds. The summed E-state index contributed by atoms with van der Waals surface area (Å²) in [6.07, 6.45) is 5.42. The summed E-state index contributed by atoms with van der Waals surface area (Å²) in [5, 5.41) is 0. The highest BCUT2D eigenvalue weighted by atomic mass is 16.5. The molecule has 3 aromatic heterocycles. The Morgan fingerprint density at radius 1 is 1.26 bits per heavy atom. The number of fused-ring (bicyclic) bond motifs is 1. The predicted molar refractivity (Wildman–Crippen MR) is 70.7 cm³/mol. The van der Waals surface area contributed by atoms with Crippen molar-refractivity contribution in [2.75, 3.05) is 12.8 Å². The third kappa shape index (κ3) is 2.10. The van der Waals surface area contributed by atoms with Crippen LogP contribution in [0.3, 0.4) is 0 Å². The van der Waals surface area contributed by atoms with Crippen LogP contribution in [0.5, 0.6) is 5.88 Å². The smallest absolute Gasteiger partial charge is 0.215 e. The van der Waals surface area contributed by atoms with Crippen LogP contribution >= 0.6 is 0 Å². The molecule has 7 nitrogen and oxygen atoms in total. The third-order valence-electron chi connectivity index (χ3n) is 2.95. The van der Waals surface area contributed by atoms with Crippen molar-refractivity contribution >= 4 is 17.1 Å². The highest BCUT2D eigenvalue weighted by Gasteiger charge is 2.10. The summed E-state index contributed by atoms with van der Waals surface area (Å²) in [4.78, 5) is 12.7. The number of nitrogens with two attached hydrogens (primary N) is 1. The number of anilines is 1. The van der Waals surface area contributed by atoms with E-state index in [0.29, 0.717) is 18.4 Å². The van der Waals surface area contributed by atoms with Crippen LogP contribution in [0, 0.1) is 0 Å². The van der Waals surface area contributed by atoms with Crippen molar-refractivity contribution in [2.24, 2.45) is 0 Å². The minimum atomic E-state index is 0.455. The van der Waals surface area contributed by atoms with Gasteiger partial charge in [0.2, 0.25) is 11.8 Å². The molecule has 0 atom stereocenters. The Labute approximate surface area is 109 Å². The van der Waals surface area contributed by atoms with Crippen LogP contribution in [0.15, 0.2) is 30.9 Å². The first-order valence-corrected chi connectivity index (χ1v) is 5.90. The molecule has 3 aromatic rings. The molecular formula is C12H14N6O. The van der Waals surface area contributed by atoms with Crippen molar-refractivity contribution in [1.29, 1.82) is 0 Å². The van der Waals surface area contributed by atoms with Gasteiger partial charge in [-0.15, -0.1) is 0 Å². The monoisotopic (exact) mass is 258 g/mol. The van der Waals surface area contributed by atoms with E-state index >= 15 is 0 Å². The maximum atomic E-state index is 5.93. The number of hydrogen-bond acceptors (Lipinski definition) is 5. The van der Waals surface area contributed by atoms with Crippen LogP contribution in [0.25, 0.3) is 11.2 Å². The predicted octanol–water partition coefficient (Wildman–Crippen LogP) is 0.919. The Morgan fingerprint density at radius 2 is 2.16 bits per heavy atom. The van der Waals surface area contributed by atoms with E-state index in [2.05, 4.69) is 15.0 Å². The zero-order valence-corrected chi connectivity index (χ0v) is 10.5. The SMILES string of the molecule is COc1ccc2nc(N)n(CCn3ccnc3)c2n1. The zero-order chi connectivity index (χ0) is 13.2. The van der Waals surface area contributed by atoms with Crippen LogP contribution in [-0.4, -0.2) is 31.2 Å². The minimum absolute atomic E-state index is 0.455. The van der Waals surface area contributed by atoms with Crippen LogP contribution in [0.2, 0.25) is 0 Å². The second-order valence-corrected chi connectivity index (χ2v) is 4.12. The van der Waals surface area contributed by atoms with Crippen molar-refractivity contribution in [3.05, 3.63) is 30.9 Å². The number of rotatable bonds is 4. The van der Waals surface area contributed by atoms with Gasteiger partial charge in [0.15, 0.2) is 5.65 Å². The lowest BCUT2D eigenvalue weighted by Gasteiger charge is -2.07.